The van der Waals surface area contributed by atoms with Crippen molar-refractivity contribution in [3.63, 3.8) is 0 Å². The Morgan fingerprint density at radius 1 is 1.18 bits per heavy atom. The first-order valence-electron chi connectivity index (χ1n) is 5.78. The molecule has 92 valence electrons. The van der Waals surface area contributed by atoms with Crippen LogP contribution in [0.15, 0.2) is 0 Å². The second-order valence-corrected chi connectivity index (χ2v) is 4.49. The first-order valence-corrected chi connectivity index (χ1v) is 6.18. The van der Waals surface area contributed by atoms with Crippen LogP contribution in [0.5, 0.6) is 0 Å². The zero-order valence-corrected chi connectivity index (χ0v) is 11.2. The Morgan fingerprint density at radius 2 is 1.94 bits per heavy atom. The molecule has 5 nitrogen and oxygen atoms in total. The van der Waals surface area contributed by atoms with Gasteiger partial charge < -0.3 is 4.57 Å². The fourth-order valence-corrected chi connectivity index (χ4v) is 2.33. The second-order valence-electron chi connectivity index (χ2n) is 4.10. The minimum atomic E-state index is 0.697. The molecule has 0 radical (unpaired) electrons. The highest BCUT2D eigenvalue weighted by molar-refractivity contribution is 7.71. The summed E-state index contributed by atoms with van der Waals surface area (Å²) in [5.74, 6) is 1.01. The van der Waals surface area contributed by atoms with Gasteiger partial charge in [-0.15, -0.1) is 0 Å². The van der Waals surface area contributed by atoms with Crippen LogP contribution < -0.4 is 0 Å². The quantitative estimate of drug-likeness (QED) is 0.818. The number of nitrogens with one attached hydrogen (secondary N) is 2. The highest BCUT2D eigenvalue weighted by Crippen LogP contribution is 2.12. The van der Waals surface area contributed by atoms with Gasteiger partial charge in [0, 0.05) is 18.7 Å². The van der Waals surface area contributed by atoms with Gasteiger partial charge in [-0.3, -0.25) is 10.2 Å². The van der Waals surface area contributed by atoms with Gasteiger partial charge in [-0.1, -0.05) is 0 Å². The topological polar surface area (TPSA) is 62.3 Å². The Bertz CT molecular complexity index is 543. The minimum absolute atomic E-state index is 0.697. The van der Waals surface area contributed by atoms with Crippen LogP contribution in [-0.2, 0) is 19.4 Å². The minimum Gasteiger partial charge on any atom is -0.304 e. The van der Waals surface area contributed by atoms with Crippen LogP contribution in [0.4, 0.5) is 0 Å². The summed E-state index contributed by atoms with van der Waals surface area (Å²) in [6, 6.07) is 0. The van der Waals surface area contributed by atoms with Gasteiger partial charge in [0.1, 0.15) is 5.82 Å². The van der Waals surface area contributed by atoms with Gasteiger partial charge in [0.05, 0.1) is 5.69 Å². The van der Waals surface area contributed by atoms with Crippen LogP contribution in [-0.4, -0.2) is 25.0 Å². The summed E-state index contributed by atoms with van der Waals surface area (Å²) in [6.07, 6.45) is 1.82. The van der Waals surface area contributed by atoms with Gasteiger partial charge in [-0.2, -0.15) is 10.2 Å². The normalized spacial score (nSPS) is 11.0. The number of nitrogens with zero attached hydrogens (tertiary/aromatic N) is 3. The van der Waals surface area contributed by atoms with Crippen LogP contribution in [0.3, 0.4) is 0 Å². The van der Waals surface area contributed by atoms with Crippen molar-refractivity contribution in [3.8, 4) is 0 Å². The van der Waals surface area contributed by atoms with Crippen molar-refractivity contribution in [2.75, 3.05) is 0 Å². The molecule has 0 fully saturated rings. The Labute approximate surface area is 105 Å². The summed E-state index contributed by atoms with van der Waals surface area (Å²) in [6.45, 7) is 7.00. The fraction of sp³-hybridized carbons (Fsp3) is 0.545. The Balaban J connectivity index is 2.15. The predicted molar refractivity (Wildman–Crippen MR) is 68.6 cm³/mol. The number of H-pyrrole nitrogens is 2. The van der Waals surface area contributed by atoms with E-state index in [-0.39, 0.29) is 0 Å². The van der Waals surface area contributed by atoms with Crippen molar-refractivity contribution in [1.82, 2.24) is 25.0 Å². The van der Waals surface area contributed by atoms with Crippen LogP contribution in [0.1, 0.15) is 29.7 Å². The highest BCUT2D eigenvalue weighted by Gasteiger charge is 2.09. The van der Waals surface area contributed by atoms with E-state index in [2.05, 4.69) is 27.3 Å². The van der Waals surface area contributed by atoms with E-state index in [1.165, 1.54) is 5.56 Å². The Morgan fingerprint density at radius 3 is 2.53 bits per heavy atom. The summed E-state index contributed by atoms with van der Waals surface area (Å²) in [7, 11) is 0. The summed E-state index contributed by atoms with van der Waals surface area (Å²) in [4.78, 5) is 0. The van der Waals surface area contributed by atoms with Gasteiger partial charge >= 0.3 is 0 Å². The van der Waals surface area contributed by atoms with Crippen molar-refractivity contribution in [2.24, 2.45) is 0 Å². The van der Waals surface area contributed by atoms with E-state index < -0.39 is 0 Å². The molecule has 0 amide bonds. The largest absolute Gasteiger partial charge is 0.304 e. The number of aromatic nitrogens is 5. The number of aromatic amines is 2. The molecule has 17 heavy (non-hydrogen) atoms. The van der Waals surface area contributed by atoms with E-state index in [1.807, 2.05) is 18.4 Å². The summed E-state index contributed by atoms with van der Waals surface area (Å²) < 4.78 is 2.73. The van der Waals surface area contributed by atoms with Crippen molar-refractivity contribution in [3.05, 3.63) is 27.5 Å². The van der Waals surface area contributed by atoms with Crippen LogP contribution in [0.2, 0.25) is 0 Å². The molecule has 0 bridgehead atoms. The lowest BCUT2D eigenvalue weighted by molar-refractivity contribution is 0.681. The lowest BCUT2D eigenvalue weighted by atomic mass is 10.1. The van der Waals surface area contributed by atoms with Crippen LogP contribution in [0.25, 0.3) is 0 Å². The number of hydrogen-bond donors (Lipinski definition) is 2. The lowest BCUT2D eigenvalue weighted by Crippen LogP contribution is -2.04. The predicted octanol–water partition coefficient (Wildman–Crippen LogP) is 2.09. The maximum atomic E-state index is 5.16. The molecule has 0 aliphatic rings. The zero-order valence-electron chi connectivity index (χ0n) is 10.4. The molecule has 2 N–H and O–H groups in total. The third-order valence-electron chi connectivity index (χ3n) is 3.03. The Kier molecular flexibility index (Phi) is 3.42. The fourth-order valence-electron chi connectivity index (χ4n) is 2.05. The lowest BCUT2D eigenvalue weighted by Gasteiger charge is -2.03. The maximum Gasteiger partial charge on any atom is 0.195 e. The monoisotopic (exact) mass is 251 g/mol. The molecule has 2 rings (SSSR count). The van der Waals surface area contributed by atoms with E-state index in [1.54, 1.807) is 0 Å². The average Bonchev–Trinajstić information content (AvgIpc) is 2.81. The summed E-state index contributed by atoms with van der Waals surface area (Å²) >= 11 is 5.16. The van der Waals surface area contributed by atoms with E-state index >= 15 is 0 Å². The molecule has 2 aromatic rings. The molecule has 0 aromatic carbocycles. The van der Waals surface area contributed by atoms with Gasteiger partial charge in [-0.05, 0) is 45.0 Å². The zero-order chi connectivity index (χ0) is 12.4. The molecule has 0 aliphatic heterocycles. The molecule has 0 unspecified atom stereocenters. The SMILES string of the molecule is CCn1c(CCc2c(C)n[nH]c2C)n[nH]c1=S. The maximum absolute atomic E-state index is 5.16. The first-order chi connectivity index (χ1) is 8.13. The smallest absolute Gasteiger partial charge is 0.195 e. The van der Waals surface area contributed by atoms with E-state index in [9.17, 15) is 0 Å². The molecule has 6 heteroatoms. The summed E-state index contributed by atoms with van der Waals surface area (Å²) in [5, 5.41) is 14.3. The van der Waals surface area contributed by atoms with E-state index in [0.717, 1.165) is 36.6 Å². The van der Waals surface area contributed by atoms with Crippen molar-refractivity contribution in [2.45, 2.75) is 40.2 Å². The third-order valence-corrected chi connectivity index (χ3v) is 3.34. The van der Waals surface area contributed by atoms with E-state index in [0.29, 0.717) is 4.77 Å². The first kappa shape index (κ1) is 12.0. The van der Waals surface area contributed by atoms with Gasteiger partial charge in [0.2, 0.25) is 0 Å². The van der Waals surface area contributed by atoms with E-state index in [4.69, 9.17) is 12.2 Å². The molecule has 2 heterocycles. The molecular formula is C11H17N5S. The number of aryl methyl sites for hydroxylation is 3. The third kappa shape index (κ3) is 2.31. The standard InChI is InChI=1S/C11H17N5S/c1-4-16-10(14-15-11(16)17)6-5-9-7(2)12-13-8(9)3/h4-6H2,1-3H3,(H,12,13)(H,15,17). The van der Waals surface area contributed by atoms with Crippen molar-refractivity contribution >= 4 is 12.2 Å². The summed E-state index contributed by atoms with van der Waals surface area (Å²) in [5.41, 5.74) is 3.49. The molecule has 0 spiro atoms. The van der Waals surface area contributed by atoms with Crippen LogP contribution >= 0.6 is 12.2 Å². The molecule has 0 atom stereocenters. The molecule has 0 saturated heterocycles. The highest BCUT2D eigenvalue weighted by atomic mass is 32.1. The molecule has 2 aromatic heterocycles. The Hall–Kier alpha value is -1.43. The molecule has 0 aliphatic carbocycles. The van der Waals surface area contributed by atoms with Crippen molar-refractivity contribution < 1.29 is 0 Å². The second kappa shape index (κ2) is 4.83. The van der Waals surface area contributed by atoms with Gasteiger partial charge in [-0.25, -0.2) is 0 Å². The van der Waals surface area contributed by atoms with Gasteiger partial charge in [0.25, 0.3) is 0 Å². The molecular weight excluding hydrogens is 234 g/mol. The van der Waals surface area contributed by atoms with Crippen LogP contribution in [0, 0.1) is 18.6 Å². The van der Waals surface area contributed by atoms with Crippen molar-refractivity contribution in [1.29, 1.82) is 0 Å². The number of rotatable bonds is 4. The average molecular weight is 251 g/mol. The molecule has 0 saturated carbocycles. The number of hydrogen-bond acceptors (Lipinski definition) is 3. The van der Waals surface area contributed by atoms with Gasteiger partial charge in [0.15, 0.2) is 4.77 Å².